The van der Waals surface area contributed by atoms with Gasteiger partial charge in [-0.25, -0.2) is 23.2 Å². The van der Waals surface area contributed by atoms with Crippen LogP contribution in [0.15, 0.2) is 57.5 Å². The summed E-state index contributed by atoms with van der Waals surface area (Å²) in [5, 5.41) is 39.6. The second kappa shape index (κ2) is 12.0. The molecule has 0 N–H and O–H groups in total. The summed E-state index contributed by atoms with van der Waals surface area (Å²) in [5.41, 5.74) is 0.100. The number of hydrogen-bond acceptors (Lipinski definition) is 10. The van der Waals surface area contributed by atoms with Crippen molar-refractivity contribution in [2.24, 2.45) is 9.98 Å². The number of rotatable bonds is 4. The molecule has 13 heteroatoms. The molecular weight excluding hydrogens is 694 g/mol. The summed E-state index contributed by atoms with van der Waals surface area (Å²) in [7, 11) is 0. The minimum absolute atomic E-state index is 0.0282. The highest BCUT2D eigenvalue weighted by molar-refractivity contribution is 7.26. The average molecular weight is 713 g/mol. The van der Waals surface area contributed by atoms with E-state index in [1.807, 2.05) is 38.1 Å². The Morgan fingerprint density at radius 2 is 1.04 bits per heavy atom. The van der Waals surface area contributed by atoms with Gasteiger partial charge in [-0.3, -0.25) is 9.59 Å². The molecule has 246 valence electrons. The molecule has 2 aromatic carbocycles. The molecule has 0 fully saturated rings. The van der Waals surface area contributed by atoms with Gasteiger partial charge in [0.25, 0.3) is 0 Å². The Morgan fingerprint density at radius 1 is 0.647 bits per heavy atom. The number of hydrogen-bond donors (Lipinski definition) is 0. The van der Waals surface area contributed by atoms with E-state index in [1.165, 1.54) is 35.7 Å². The number of ketones is 2. The van der Waals surface area contributed by atoms with Crippen LogP contribution in [0.4, 0.5) is 23.2 Å². The molecule has 8 nitrogen and oxygen atoms in total. The van der Waals surface area contributed by atoms with Crippen LogP contribution in [-0.2, 0) is 5.41 Å². The summed E-state index contributed by atoms with van der Waals surface area (Å²) in [6.07, 6.45) is 1.29. The van der Waals surface area contributed by atoms with Crippen LogP contribution in [0.5, 0.6) is 0 Å². The van der Waals surface area contributed by atoms with Gasteiger partial charge in [-0.1, -0.05) is 13.8 Å². The number of fused-ring (bicyclic) bond motifs is 5. The lowest BCUT2D eigenvalue weighted by Crippen LogP contribution is -2.22. The zero-order valence-corrected chi connectivity index (χ0v) is 28.5. The fraction of sp³-hybridized carbons (Fsp3) is 0.158. The maximum absolute atomic E-state index is 14.6. The second-order valence-corrected chi connectivity index (χ2v) is 14.0. The number of thiophene rings is 2. The van der Waals surface area contributed by atoms with Crippen molar-refractivity contribution < 1.29 is 22.8 Å². The Balaban J connectivity index is 1.38. The molecule has 2 aromatic heterocycles. The highest BCUT2D eigenvalue weighted by Gasteiger charge is 2.45. The molecular formula is C38H19F3N6O2S2. The normalized spacial score (nSPS) is 16.4. The van der Waals surface area contributed by atoms with E-state index >= 15 is 0 Å². The number of carbonyl (C=O) groups is 2. The van der Waals surface area contributed by atoms with E-state index in [9.17, 15) is 43.8 Å². The molecule has 4 aromatic rings. The van der Waals surface area contributed by atoms with Crippen molar-refractivity contribution in [3.05, 3.63) is 104 Å². The number of aliphatic imine (C=N–C) groups is 2. The number of allylic oxidation sites excluding steroid dienone is 4. The molecule has 0 bridgehead atoms. The second-order valence-electron chi connectivity index (χ2n) is 11.9. The molecule has 3 aliphatic carbocycles. The molecule has 0 aliphatic heterocycles. The number of nitrogens with zero attached hydrogens (tertiary/aromatic N) is 6. The third-order valence-electron chi connectivity index (χ3n) is 9.56. The molecule has 0 radical (unpaired) electrons. The van der Waals surface area contributed by atoms with Gasteiger partial charge in [-0.05, 0) is 72.9 Å². The first kappa shape index (κ1) is 33.3. The van der Waals surface area contributed by atoms with Crippen molar-refractivity contribution in [3.8, 4) is 34.0 Å². The first-order valence-corrected chi connectivity index (χ1v) is 17.0. The van der Waals surface area contributed by atoms with Crippen molar-refractivity contribution in [2.45, 2.75) is 39.0 Å². The van der Waals surface area contributed by atoms with Gasteiger partial charge in [0.2, 0.25) is 11.6 Å². The lowest BCUT2D eigenvalue weighted by Gasteiger charge is -2.27. The van der Waals surface area contributed by atoms with Crippen LogP contribution in [0.2, 0.25) is 0 Å². The summed E-state index contributed by atoms with van der Waals surface area (Å²) in [6, 6.07) is 14.8. The minimum Gasteiger partial charge on any atom is -0.287 e. The zero-order valence-electron chi connectivity index (χ0n) is 26.8. The van der Waals surface area contributed by atoms with Crippen LogP contribution in [-0.4, -0.2) is 23.0 Å². The molecule has 51 heavy (non-hydrogen) atoms. The maximum Gasteiger partial charge on any atom is 0.212 e. The third-order valence-corrected chi connectivity index (χ3v) is 11.8. The van der Waals surface area contributed by atoms with Gasteiger partial charge in [0.1, 0.15) is 62.7 Å². The molecule has 0 unspecified atom stereocenters. The number of aryl methyl sites for hydroxylation is 1. The van der Waals surface area contributed by atoms with Crippen LogP contribution in [0.25, 0.3) is 20.9 Å². The smallest absolute Gasteiger partial charge is 0.212 e. The molecule has 0 atom stereocenters. The predicted molar refractivity (Wildman–Crippen MR) is 186 cm³/mol. The third kappa shape index (κ3) is 4.67. The van der Waals surface area contributed by atoms with Crippen LogP contribution < -0.4 is 0 Å². The maximum atomic E-state index is 14.6. The summed E-state index contributed by atoms with van der Waals surface area (Å²) in [4.78, 5) is 38.0. The molecule has 3 aliphatic rings. The Bertz CT molecular complexity index is 2430. The largest absolute Gasteiger partial charge is 0.287 e. The van der Waals surface area contributed by atoms with Gasteiger partial charge in [-0.2, -0.15) is 21.0 Å². The topological polar surface area (TPSA) is 154 Å². The van der Waals surface area contributed by atoms with Gasteiger partial charge in [0.05, 0.1) is 9.75 Å². The van der Waals surface area contributed by atoms with Crippen molar-refractivity contribution in [1.29, 1.82) is 21.0 Å². The number of Topliss-reactive ketones (excluding diaryl/α,β-unsaturated/α-hetero) is 2. The van der Waals surface area contributed by atoms with E-state index in [-0.39, 0.29) is 56.0 Å². The fourth-order valence-corrected chi connectivity index (χ4v) is 9.47. The van der Waals surface area contributed by atoms with E-state index in [1.54, 1.807) is 12.1 Å². The quantitative estimate of drug-likeness (QED) is 0.192. The highest BCUT2D eigenvalue weighted by atomic mass is 32.1. The SMILES string of the molecule is CCC1(CC)c2cc(N=C3C(=O)c4cc(C)c(F)cc4C3=C(C#N)C#N)sc2-c2sc(N=C3C(=O)c4cc(F)c(F)cc4C3=C(C#N)C#N)cc21. The zero-order chi connectivity index (χ0) is 36.5. The summed E-state index contributed by atoms with van der Waals surface area (Å²) in [6.45, 7) is 5.55. The Hall–Kier alpha value is -6.25. The predicted octanol–water partition coefficient (Wildman–Crippen LogP) is 9.16. The van der Waals surface area contributed by atoms with Crippen LogP contribution >= 0.6 is 22.7 Å². The van der Waals surface area contributed by atoms with Crippen molar-refractivity contribution >= 4 is 66.8 Å². The monoisotopic (exact) mass is 712 g/mol. The fourth-order valence-electron chi connectivity index (χ4n) is 7.04. The standard InChI is InChI=1S/C38H19F3N6O2S2/c1-4-38(5-2)23-10-28(46-32-30(17(12-42)13-43)19-7-25(39)16(3)6-21(19)34(32)48)50-36(23)37-24(38)11-29(51-37)47-33-31(18(14-44)15-45)20-8-26(40)27(41)9-22(20)35(33)49/h6-11H,4-5H2,1-3H3. The van der Waals surface area contributed by atoms with Crippen LogP contribution in [0, 0.1) is 69.7 Å². The lowest BCUT2D eigenvalue weighted by molar-refractivity contribution is 0.106. The molecule has 0 spiro atoms. The van der Waals surface area contributed by atoms with Crippen molar-refractivity contribution in [1.82, 2.24) is 0 Å². The first-order chi connectivity index (χ1) is 24.5. The Morgan fingerprint density at radius 3 is 1.45 bits per heavy atom. The van der Waals surface area contributed by atoms with Gasteiger partial charge in [0, 0.05) is 38.8 Å². The highest BCUT2D eigenvalue weighted by Crippen LogP contribution is 2.61. The summed E-state index contributed by atoms with van der Waals surface area (Å²) < 4.78 is 43.1. The van der Waals surface area contributed by atoms with Gasteiger partial charge < -0.3 is 0 Å². The van der Waals surface area contributed by atoms with Gasteiger partial charge in [-0.15, -0.1) is 22.7 Å². The Kier molecular flexibility index (Phi) is 7.80. The first-order valence-electron chi connectivity index (χ1n) is 15.4. The summed E-state index contributed by atoms with van der Waals surface area (Å²) in [5.74, 6) is -4.37. The molecule has 0 amide bonds. The number of benzene rings is 2. The van der Waals surface area contributed by atoms with E-state index in [0.29, 0.717) is 22.8 Å². The number of halogens is 3. The molecule has 7 rings (SSSR count). The van der Waals surface area contributed by atoms with Crippen LogP contribution in [0.3, 0.4) is 0 Å². The van der Waals surface area contributed by atoms with E-state index in [0.717, 1.165) is 39.1 Å². The van der Waals surface area contributed by atoms with E-state index in [4.69, 9.17) is 0 Å². The van der Waals surface area contributed by atoms with Gasteiger partial charge in [0.15, 0.2) is 11.6 Å². The van der Waals surface area contributed by atoms with E-state index < -0.39 is 40.0 Å². The molecule has 0 saturated heterocycles. The van der Waals surface area contributed by atoms with Crippen LogP contribution in [0.1, 0.15) is 75.2 Å². The van der Waals surface area contributed by atoms with Gasteiger partial charge >= 0.3 is 0 Å². The molecule has 2 heterocycles. The van der Waals surface area contributed by atoms with E-state index in [2.05, 4.69) is 9.98 Å². The Labute approximate surface area is 296 Å². The number of carbonyl (C=O) groups excluding carboxylic acids is 2. The molecule has 0 saturated carbocycles. The van der Waals surface area contributed by atoms with Crippen molar-refractivity contribution in [3.63, 3.8) is 0 Å². The minimum atomic E-state index is -1.25. The van der Waals surface area contributed by atoms with Crippen molar-refractivity contribution in [2.75, 3.05) is 0 Å². The average Bonchev–Trinajstić information content (AvgIpc) is 3.89. The lowest BCUT2D eigenvalue weighted by atomic mass is 9.75. The number of nitriles is 4. The summed E-state index contributed by atoms with van der Waals surface area (Å²) >= 11 is 2.52.